The highest BCUT2D eigenvalue weighted by atomic mass is 32.2. The lowest BCUT2D eigenvalue weighted by Gasteiger charge is -2.26. The van der Waals surface area contributed by atoms with Gasteiger partial charge in [0.2, 0.25) is 10.0 Å². The standard InChI is InChI=1S/C13H17NO5S/c1-19-11-6-5-10(13(15)16)9-12(11)20(17,18)14-7-3-2-4-8-14/h5-6,9H,2-4,7-8H2,1H3,(H,15,16)/p-1. The maximum Gasteiger partial charge on any atom is 0.246 e. The number of carboxylic acid groups (broad SMARTS) is 1. The second-order valence-corrected chi connectivity index (χ2v) is 6.52. The SMILES string of the molecule is COc1ccc(C(=O)[O-])cc1S(=O)(=O)N1CCCCC1. The third kappa shape index (κ3) is 2.78. The minimum atomic E-state index is -3.74. The van der Waals surface area contributed by atoms with Crippen molar-refractivity contribution in [3.63, 3.8) is 0 Å². The average molecular weight is 298 g/mol. The molecule has 1 aliphatic heterocycles. The number of hydrogen-bond acceptors (Lipinski definition) is 5. The molecular formula is C13H16NO5S-. The highest BCUT2D eigenvalue weighted by Crippen LogP contribution is 2.29. The van der Waals surface area contributed by atoms with Crippen molar-refractivity contribution in [3.8, 4) is 5.75 Å². The molecule has 0 bridgehead atoms. The topological polar surface area (TPSA) is 86.7 Å². The van der Waals surface area contributed by atoms with Gasteiger partial charge in [0.25, 0.3) is 0 Å². The van der Waals surface area contributed by atoms with Crippen molar-refractivity contribution in [1.29, 1.82) is 0 Å². The zero-order valence-electron chi connectivity index (χ0n) is 11.2. The fourth-order valence-corrected chi connectivity index (χ4v) is 3.95. The largest absolute Gasteiger partial charge is 0.545 e. The lowest BCUT2D eigenvalue weighted by molar-refractivity contribution is -0.255. The molecule has 0 aromatic heterocycles. The van der Waals surface area contributed by atoms with E-state index in [1.165, 1.54) is 23.5 Å². The lowest BCUT2D eigenvalue weighted by atomic mass is 10.2. The van der Waals surface area contributed by atoms with Crippen LogP contribution in [-0.2, 0) is 10.0 Å². The minimum Gasteiger partial charge on any atom is -0.545 e. The number of carboxylic acids is 1. The highest BCUT2D eigenvalue weighted by molar-refractivity contribution is 7.89. The van der Waals surface area contributed by atoms with E-state index < -0.39 is 16.0 Å². The van der Waals surface area contributed by atoms with Gasteiger partial charge in [-0.05, 0) is 36.6 Å². The average Bonchev–Trinajstić information content (AvgIpc) is 2.47. The summed E-state index contributed by atoms with van der Waals surface area (Å²) in [5.41, 5.74) is -0.179. The number of piperidine rings is 1. The predicted molar refractivity (Wildman–Crippen MR) is 69.9 cm³/mol. The summed E-state index contributed by atoms with van der Waals surface area (Å²) in [4.78, 5) is 10.8. The molecule has 2 rings (SSSR count). The van der Waals surface area contributed by atoms with E-state index in [0.29, 0.717) is 13.1 Å². The van der Waals surface area contributed by atoms with Crippen molar-refractivity contribution >= 4 is 16.0 Å². The number of carbonyl (C=O) groups excluding carboxylic acids is 1. The maximum absolute atomic E-state index is 12.6. The summed E-state index contributed by atoms with van der Waals surface area (Å²) in [5, 5.41) is 10.9. The fraction of sp³-hybridized carbons (Fsp3) is 0.462. The molecule has 0 radical (unpaired) electrons. The third-order valence-corrected chi connectivity index (χ3v) is 5.25. The van der Waals surface area contributed by atoms with Crippen LogP contribution in [0.1, 0.15) is 29.6 Å². The first kappa shape index (κ1) is 14.8. The smallest absolute Gasteiger partial charge is 0.246 e. The molecule has 0 atom stereocenters. The van der Waals surface area contributed by atoms with Gasteiger partial charge in [-0.25, -0.2) is 8.42 Å². The van der Waals surface area contributed by atoms with Gasteiger partial charge < -0.3 is 14.6 Å². The second kappa shape index (κ2) is 5.80. The summed E-state index contributed by atoms with van der Waals surface area (Å²) in [6.45, 7) is 0.891. The zero-order valence-corrected chi connectivity index (χ0v) is 12.0. The normalized spacial score (nSPS) is 16.9. The Labute approximate surface area is 118 Å². The van der Waals surface area contributed by atoms with Gasteiger partial charge in [-0.2, -0.15) is 4.31 Å². The van der Waals surface area contributed by atoms with Gasteiger partial charge in [0.1, 0.15) is 10.6 Å². The number of hydrogen-bond donors (Lipinski definition) is 0. The number of rotatable bonds is 4. The summed E-state index contributed by atoms with van der Waals surface area (Å²) in [5.74, 6) is -1.27. The van der Waals surface area contributed by atoms with E-state index in [-0.39, 0.29) is 16.2 Å². The zero-order chi connectivity index (χ0) is 14.8. The Morgan fingerprint density at radius 3 is 2.45 bits per heavy atom. The molecule has 1 heterocycles. The predicted octanol–water partition coefficient (Wildman–Crippen LogP) is 0.233. The molecule has 0 saturated carbocycles. The number of ether oxygens (including phenoxy) is 1. The fourth-order valence-electron chi connectivity index (χ4n) is 2.25. The number of benzene rings is 1. The van der Waals surface area contributed by atoms with Gasteiger partial charge in [-0.1, -0.05) is 6.42 Å². The molecule has 1 aromatic rings. The molecule has 20 heavy (non-hydrogen) atoms. The van der Waals surface area contributed by atoms with Crippen LogP contribution < -0.4 is 9.84 Å². The van der Waals surface area contributed by atoms with Crippen LogP contribution in [0.15, 0.2) is 23.1 Å². The Morgan fingerprint density at radius 2 is 1.90 bits per heavy atom. The van der Waals surface area contributed by atoms with Crippen LogP contribution in [0.25, 0.3) is 0 Å². The van der Waals surface area contributed by atoms with E-state index in [2.05, 4.69) is 0 Å². The van der Waals surface area contributed by atoms with Crippen molar-refractivity contribution < 1.29 is 23.1 Å². The van der Waals surface area contributed by atoms with Crippen LogP contribution >= 0.6 is 0 Å². The minimum absolute atomic E-state index is 0.122. The first-order valence-corrected chi connectivity index (χ1v) is 7.80. The van der Waals surface area contributed by atoms with Crippen molar-refractivity contribution in [2.75, 3.05) is 20.2 Å². The van der Waals surface area contributed by atoms with Crippen LogP contribution in [0.5, 0.6) is 5.75 Å². The quantitative estimate of drug-likeness (QED) is 0.794. The van der Waals surface area contributed by atoms with Crippen LogP contribution in [0.3, 0.4) is 0 Å². The molecule has 0 aliphatic carbocycles. The Balaban J connectivity index is 2.48. The Morgan fingerprint density at radius 1 is 1.25 bits per heavy atom. The molecule has 110 valence electrons. The van der Waals surface area contributed by atoms with E-state index >= 15 is 0 Å². The number of carbonyl (C=O) groups is 1. The van der Waals surface area contributed by atoms with Gasteiger partial charge in [0, 0.05) is 13.1 Å². The number of sulfonamides is 1. The molecule has 1 aliphatic rings. The molecule has 1 aromatic carbocycles. The Bertz CT molecular complexity index is 605. The van der Waals surface area contributed by atoms with Crippen molar-refractivity contribution in [2.45, 2.75) is 24.2 Å². The third-order valence-electron chi connectivity index (χ3n) is 3.33. The Kier molecular flexibility index (Phi) is 4.29. The van der Waals surface area contributed by atoms with Gasteiger partial charge >= 0.3 is 0 Å². The highest BCUT2D eigenvalue weighted by Gasteiger charge is 2.29. The number of methoxy groups -OCH3 is 1. The van der Waals surface area contributed by atoms with Gasteiger partial charge in [-0.3, -0.25) is 0 Å². The summed E-state index contributed by atoms with van der Waals surface area (Å²) >= 11 is 0. The maximum atomic E-state index is 12.6. The first-order chi connectivity index (χ1) is 9.46. The molecular weight excluding hydrogens is 282 g/mol. The molecule has 1 saturated heterocycles. The van der Waals surface area contributed by atoms with Crippen molar-refractivity contribution in [2.24, 2.45) is 0 Å². The van der Waals surface area contributed by atoms with E-state index in [4.69, 9.17) is 4.74 Å². The molecule has 6 nitrogen and oxygen atoms in total. The summed E-state index contributed by atoms with van der Waals surface area (Å²) in [7, 11) is -2.39. The van der Waals surface area contributed by atoms with Crippen LogP contribution in [-0.4, -0.2) is 38.9 Å². The van der Waals surface area contributed by atoms with E-state index in [1.54, 1.807) is 0 Å². The van der Waals surface area contributed by atoms with Crippen molar-refractivity contribution in [3.05, 3.63) is 23.8 Å². The molecule has 0 unspecified atom stereocenters. The van der Waals surface area contributed by atoms with Gasteiger partial charge in [0.15, 0.2) is 0 Å². The van der Waals surface area contributed by atoms with E-state index in [1.807, 2.05) is 0 Å². The van der Waals surface area contributed by atoms with Gasteiger partial charge in [0.05, 0.1) is 13.1 Å². The van der Waals surface area contributed by atoms with E-state index in [9.17, 15) is 18.3 Å². The van der Waals surface area contributed by atoms with E-state index in [0.717, 1.165) is 25.3 Å². The molecule has 7 heteroatoms. The lowest BCUT2D eigenvalue weighted by Crippen LogP contribution is -2.36. The summed E-state index contributed by atoms with van der Waals surface area (Å²) in [6.07, 6.45) is 2.62. The molecule has 0 spiro atoms. The van der Waals surface area contributed by atoms with Crippen LogP contribution in [0.4, 0.5) is 0 Å². The van der Waals surface area contributed by atoms with Gasteiger partial charge in [-0.15, -0.1) is 0 Å². The summed E-state index contributed by atoms with van der Waals surface area (Å²) in [6, 6.07) is 3.70. The Hall–Kier alpha value is -1.60. The monoisotopic (exact) mass is 298 g/mol. The number of nitrogens with zero attached hydrogens (tertiary/aromatic N) is 1. The van der Waals surface area contributed by atoms with Crippen LogP contribution in [0, 0.1) is 0 Å². The first-order valence-electron chi connectivity index (χ1n) is 6.36. The summed E-state index contributed by atoms with van der Waals surface area (Å²) < 4.78 is 31.6. The molecule has 0 amide bonds. The number of aromatic carboxylic acids is 1. The molecule has 1 fully saturated rings. The van der Waals surface area contributed by atoms with Crippen LogP contribution in [0.2, 0.25) is 0 Å². The second-order valence-electron chi connectivity index (χ2n) is 4.62. The molecule has 0 N–H and O–H groups in total. The van der Waals surface area contributed by atoms with Crippen molar-refractivity contribution in [1.82, 2.24) is 4.31 Å².